The zero-order valence-corrected chi connectivity index (χ0v) is 33.1. The molecule has 6 rings (SSSR count). The number of benzene rings is 6. The van der Waals surface area contributed by atoms with Crippen LogP contribution in [0.4, 0.5) is 34.1 Å². The van der Waals surface area contributed by atoms with Gasteiger partial charge >= 0.3 is 0 Å². The fraction of sp³-hybridized carbons (Fsp3) is 0.250. The van der Waals surface area contributed by atoms with Gasteiger partial charge in [-0.1, -0.05) is 43.3 Å². The van der Waals surface area contributed by atoms with Crippen molar-refractivity contribution < 1.29 is 28.8 Å². The first-order chi connectivity index (χ1) is 27.2. The minimum absolute atomic E-state index is 0.321. The quantitative estimate of drug-likeness (QED) is 0.0870. The van der Waals surface area contributed by atoms with Crippen LogP contribution >= 0.6 is 0 Å². The minimum Gasteiger partial charge on any atom is -0.465 e. The predicted octanol–water partition coefficient (Wildman–Crippen LogP) is 12.1. The summed E-state index contributed by atoms with van der Waals surface area (Å²) < 4.78 is 28.5. The van der Waals surface area contributed by atoms with Crippen LogP contribution in [0.2, 0.25) is 0 Å². The Bertz CT molecular complexity index is 2070. The molecule has 0 aliphatic rings. The van der Waals surface area contributed by atoms with Crippen molar-refractivity contribution in [3.63, 3.8) is 0 Å². The van der Waals surface area contributed by atoms with E-state index < -0.39 is 6.29 Å². The Labute approximate surface area is 331 Å². The molecule has 56 heavy (non-hydrogen) atoms. The molecule has 8 nitrogen and oxygen atoms in total. The lowest BCUT2D eigenvalue weighted by atomic mass is 10.0. The van der Waals surface area contributed by atoms with Crippen LogP contribution in [0.25, 0.3) is 11.1 Å². The first-order valence-corrected chi connectivity index (χ1v) is 19.4. The van der Waals surface area contributed by atoms with Gasteiger partial charge in [0.15, 0.2) is 18.9 Å². The summed E-state index contributed by atoms with van der Waals surface area (Å²) >= 11 is 0. The number of ether oxygens (including phenoxy) is 5. The molecule has 6 aromatic rings. The van der Waals surface area contributed by atoms with Crippen LogP contribution in [0.15, 0.2) is 146 Å². The Morgan fingerprint density at radius 3 is 0.982 bits per heavy atom. The molecule has 0 fully saturated rings. The Morgan fingerprint density at radius 1 is 0.411 bits per heavy atom. The van der Waals surface area contributed by atoms with Crippen LogP contribution in [0.5, 0.6) is 17.2 Å². The summed E-state index contributed by atoms with van der Waals surface area (Å²) in [5, 5.41) is 9.73. The summed E-state index contributed by atoms with van der Waals surface area (Å²) in [6.45, 7) is 12.6. The Morgan fingerprint density at radius 2 is 0.696 bits per heavy atom. The van der Waals surface area contributed by atoms with Crippen LogP contribution in [0.3, 0.4) is 0 Å². The number of rotatable bonds is 18. The fourth-order valence-electron chi connectivity index (χ4n) is 6.52. The second kappa shape index (κ2) is 19.2. The van der Waals surface area contributed by atoms with Crippen molar-refractivity contribution in [2.24, 2.45) is 0 Å². The van der Waals surface area contributed by atoms with E-state index in [2.05, 4.69) is 102 Å². The van der Waals surface area contributed by atoms with E-state index in [0.717, 1.165) is 63.2 Å². The molecule has 0 saturated heterocycles. The van der Waals surface area contributed by atoms with E-state index in [-0.39, 0.29) is 12.6 Å². The summed E-state index contributed by atoms with van der Waals surface area (Å²) in [6, 6.07) is 49.7. The summed E-state index contributed by atoms with van der Waals surface area (Å²) in [6.07, 6.45) is -0.585. The van der Waals surface area contributed by atoms with Gasteiger partial charge in [-0.15, -0.1) is 0 Å². The number of nitrogens with zero attached hydrogens (tertiary/aromatic N) is 2. The van der Waals surface area contributed by atoms with Crippen molar-refractivity contribution in [1.29, 1.82) is 0 Å². The molecule has 0 spiro atoms. The fourth-order valence-corrected chi connectivity index (χ4v) is 6.52. The summed E-state index contributed by atoms with van der Waals surface area (Å²) in [5.74, 6) is 2.07. The first-order valence-electron chi connectivity index (χ1n) is 19.4. The molecule has 0 aliphatic carbocycles. The zero-order chi connectivity index (χ0) is 39.4. The number of hydrogen-bond acceptors (Lipinski definition) is 8. The van der Waals surface area contributed by atoms with Gasteiger partial charge in [0.25, 0.3) is 0 Å². The van der Waals surface area contributed by atoms with Gasteiger partial charge in [-0.3, -0.25) is 0 Å². The second-order valence-electron chi connectivity index (χ2n) is 13.3. The highest BCUT2D eigenvalue weighted by Crippen LogP contribution is 2.39. The molecule has 3 unspecified atom stereocenters. The average Bonchev–Trinajstić information content (AvgIpc) is 3.21. The lowest BCUT2D eigenvalue weighted by molar-refractivity contribution is -0.0616. The zero-order valence-electron chi connectivity index (χ0n) is 33.1. The number of aryl methyl sites for hydroxylation is 1. The minimum atomic E-state index is -0.901. The maximum Gasteiger partial charge on any atom is 0.196 e. The van der Waals surface area contributed by atoms with Crippen LogP contribution in [-0.4, -0.2) is 37.2 Å². The molecule has 0 radical (unpaired) electrons. The molecule has 8 heteroatoms. The van der Waals surface area contributed by atoms with Crippen molar-refractivity contribution in [3.05, 3.63) is 151 Å². The second-order valence-corrected chi connectivity index (χ2v) is 13.3. The largest absolute Gasteiger partial charge is 0.465 e. The van der Waals surface area contributed by atoms with Gasteiger partial charge in [-0.2, -0.15) is 0 Å². The third-order valence-electron chi connectivity index (χ3n) is 9.19. The van der Waals surface area contributed by atoms with Gasteiger partial charge in [-0.25, -0.2) is 0 Å². The van der Waals surface area contributed by atoms with Gasteiger partial charge in [0.05, 0.1) is 0 Å². The van der Waals surface area contributed by atoms with E-state index >= 15 is 0 Å². The molecule has 0 amide bonds. The van der Waals surface area contributed by atoms with Gasteiger partial charge < -0.3 is 38.6 Å². The smallest absolute Gasteiger partial charge is 0.196 e. The molecular weight excluding hydrogens is 701 g/mol. The predicted molar refractivity (Wildman–Crippen MR) is 226 cm³/mol. The van der Waals surface area contributed by atoms with E-state index in [9.17, 15) is 5.11 Å². The summed E-state index contributed by atoms with van der Waals surface area (Å²) in [4.78, 5) is 4.43. The SMILES string of the molecule is CCOC(C)Oc1ccc(N(c2ccc(CC)cc2)c2ccc(-c3ccc(N(c4ccc(OC(C)O)cc4)c4ccc(OC(C)OCC)cc4)cc3)cc2)cc1. The van der Waals surface area contributed by atoms with Gasteiger partial charge in [-0.05, 0) is 167 Å². The van der Waals surface area contributed by atoms with Crippen molar-refractivity contribution in [3.8, 4) is 28.4 Å². The topological polar surface area (TPSA) is 72.9 Å². The molecule has 0 heterocycles. The van der Waals surface area contributed by atoms with Crippen LogP contribution < -0.4 is 24.0 Å². The maximum atomic E-state index is 9.73. The molecule has 0 bridgehead atoms. The summed E-state index contributed by atoms with van der Waals surface area (Å²) in [5.41, 5.74) is 9.51. The van der Waals surface area contributed by atoms with Crippen LogP contribution in [-0.2, 0) is 15.9 Å². The van der Waals surface area contributed by atoms with E-state index in [1.807, 2.05) is 88.4 Å². The number of aliphatic hydroxyl groups excluding tert-OH is 1. The van der Waals surface area contributed by atoms with Gasteiger partial charge in [0.2, 0.25) is 0 Å². The molecule has 0 aliphatic heterocycles. The highest BCUT2D eigenvalue weighted by atomic mass is 16.7. The monoisotopic (exact) mass is 752 g/mol. The molecule has 290 valence electrons. The number of anilines is 6. The average molecular weight is 753 g/mol. The molecular formula is C48H52N2O6. The van der Waals surface area contributed by atoms with Crippen LogP contribution in [0, 0.1) is 0 Å². The van der Waals surface area contributed by atoms with Crippen molar-refractivity contribution >= 4 is 34.1 Å². The van der Waals surface area contributed by atoms with Crippen LogP contribution in [0.1, 0.15) is 47.1 Å². The maximum absolute atomic E-state index is 9.73. The standard InChI is InChI=1S/C48H52N2O6/c1-7-37-10-16-40(17-11-37)49(44-24-30-47(31-25-44)55-35(5)52-8-2)41-18-12-38(13-19-41)39-14-20-42(21-15-39)50(43-22-28-46(29-23-43)54-34(4)51)45-26-32-48(33-27-45)56-36(6)53-9-3/h10-36,51H,7-9H2,1-6H3. The van der Waals surface area contributed by atoms with Crippen molar-refractivity contribution in [2.45, 2.75) is 66.8 Å². The van der Waals surface area contributed by atoms with Gasteiger partial charge in [0, 0.05) is 47.3 Å². The van der Waals surface area contributed by atoms with Gasteiger partial charge in [0.1, 0.15) is 17.2 Å². The Hall–Kier alpha value is -5.80. The summed E-state index contributed by atoms with van der Waals surface area (Å²) in [7, 11) is 0. The highest BCUT2D eigenvalue weighted by molar-refractivity contribution is 5.81. The van der Waals surface area contributed by atoms with E-state index in [1.165, 1.54) is 5.56 Å². The van der Waals surface area contributed by atoms with E-state index in [1.54, 1.807) is 6.92 Å². The lowest BCUT2D eigenvalue weighted by Crippen LogP contribution is -2.16. The third-order valence-corrected chi connectivity index (χ3v) is 9.19. The molecule has 0 saturated carbocycles. The highest BCUT2D eigenvalue weighted by Gasteiger charge is 2.16. The Balaban J connectivity index is 1.27. The lowest BCUT2D eigenvalue weighted by Gasteiger charge is -2.27. The third kappa shape index (κ3) is 10.3. The van der Waals surface area contributed by atoms with E-state index in [4.69, 9.17) is 23.7 Å². The van der Waals surface area contributed by atoms with E-state index in [0.29, 0.717) is 19.0 Å². The molecule has 3 atom stereocenters. The first kappa shape index (κ1) is 39.9. The number of hydrogen-bond donors (Lipinski definition) is 1. The molecule has 0 aromatic heterocycles. The van der Waals surface area contributed by atoms with Crippen molar-refractivity contribution in [2.75, 3.05) is 23.0 Å². The van der Waals surface area contributed by atoms with Crippen molar-refractivity contribution in [1.82, 2.24) is 0 Å². The normalized spacial score (nSPS) is 12.7. The number of aliphatic hydroxyl groups is 1. The Kier molecular flexibility index (Phi) is 13.7. The molecule has 6 aromatic carbocycles. The molecule has 1 N–H and O–H groups in total.